The van der Waals surface area contributed by atoms with Gasteiger partial charge in [0, 0.05) is 25.0 Å². The van der Waals surface area contributed by atoms with Crippen LogP contribution in [0.4, 0.5) is 0 Å². The van der Waals surface area contributed by atoms with Crippen molar-refractivity contribution >= 4 is 5.91 Å². The smallest absolute Gasteiger partial charge is 0.222 e. The third kappa shape index (κ3) is 3.97. The van der Waals surface area contributed by atoms with E-state index in [1.54, 1.807) is 0 Å². The maximum atomic E-state index is 12.7. The molecule has 2 fully saturated rings. The summed E-state index contributed by atoms with van der Waals surface area (Å²) in [5.74, 6) is 0.0336. The van der Waals surface area contributed by atoms with Crippen molar-refractivity contribution in [2.45, 2.75) is 43.7 Å². The molecule has 0 unspecified atom stereocenters. The largest absolute Gasteiger partial charge is 0.394 e. The maximum absolute atomic E-state index is 12.7. The number of morpholine rings is 1. The number of hydrogen-bond donors (Lipinski definition) is 2. The van der Waals surface area contributed by atoms with Crippen LogP contribution in [-0.4, -0.2) is 54.4 Å². The fraction of sp³-hybridized carbons (Fsp3) is 0.632. The first kappa shape index (κ1) is 17.4. The van der Waals surface area contributed by atoms with Crippen LogP contribution in [0.3, 0.4) is 0 Å². The van der Waals surface area contributed by atoms with Gasteiger partial charge in [-0.3, -0.25) is 9.69 Å². The van der Waals surface area contributed by atoms with Crippen LogP contribution in [0, 0.1) is 0 Å². The molecule has 5 heteroatoms. The number of aliphatic hydroxyl groups is 1. The second-order valence-electron chi connectivity index (χ2n) is 6.92. The molecule has 1 amide bonds. The average molecular weight is 332 g/mol. The Hall–Kier alpha value is -1.43. The fourth-order valence-electron chi connectivity index (χ4n) is 4.14. The topological polar surface area (TPSA) is 61.8 Å². The van der Waals surface area contributed by atoms with Gasteiger partial charge in [0.05, 0.1) is 25.9 Å². The van der Waals surface area contributed by atoms with Crippen LogP contribution >= 0.6 is 0 Å². The predicted octanol–water partition coefficient (Wildman–Crippen LogP) is 1.87. The van der Waals surface area contributed by atoms with Crippen LogP contribution in [-0.2, 0) is 9.53 Å². The summed E-state index contributed by atoms with van der Waals surface area (Å²) >= 11 is 0. The Morgan fingerprint density at radius 3 is 2.50 bits per heavy atom. The van der Waals surface area contributed by atoms with Crippen LogP contribution in [0.1, 0.15) is 43.7 Å². The van der Waals surface area contributed by atoms with Gasteiger partial charge in [0.1, 0.15) is 0 Å². The highest BCUT2D eigenvalue weighted by atomic mass is 16.5. The van der Waals surface area contributed by atoms with E-state index in [0.29, 0.717) is 6.42 Å². The molecular weight excluding hydrogens is 304 g/mol. The van der Waals surface area contributed by atoms with E-state index in [0.717, 1.165) is 44.7 Å². The normalized spacial score (nSPS) is 22.2. The van der Waals surface area contributed by atoms with Crippen molar-refractivity contribution < 1.29 is 14.6 Å². The van der Waals surface area contributed by atoms with Crippen molar-refractivity contribution in [3.8, 4) is 0 Å². The van der Waals surface area contributed by atoms with E-state index in [-0.39, 0.29) is 24.1 Å². The predicted molar refractivity (Wildman–Crippen MR) is 92.6 cm³/mol. The number of hydrogen-bond acceptors (Lipinski definition) is 4. The number of amides is 1. The van der Waals surface area contributed by atoms with Crippen molar-refractivity contribution in [1.29, 1.82) is 0 Å². The van der Waals surface area contributed by atoms with E-state index in [4.69, 9.17) is 4.74 Å². The number of carbonyl (C=O) groups excluding carboxylic acids is 1. The van der Waals surface area contributed by atoms with Crippen molar-refractivity contribution in [2.24, 2.45) is 0 Å². The summed E-state index contributed by atoms with van der Waals surface area (Å²) in [4.78, 5) is 15.2. The standard InChI is InChI=1S/C19H28N2O3/c22-15-17(16-6-2-1-3-7-16)20-18(23)14-19(8-4-5-9-19)21-10-12-24-13-11-21/h1-3,6-7,17,22H,4-5,8-15H2,(H,20,23)/t17-/m0/s1. The lowest BCUT2D eigenvalue weighted by Gasteiger charge is -2.43. The lowest BCUT2D eigenvalue weighted by atomic mass is 9.89. The summed E-state index contributed by atoms with van der Waals surface area (Å²) in [5, 5.41) is 12.7. The van der Waals surface area contributed by atoms with Gasteiger partial charge in [-0.05, 0) is 18.4 Å². The highest BCUT2D eigenvalue weighted by molar-refractivity contribution is 5.77. The summed E-state index contributed by atoms with van der Waals surface area (Å²) in [6.45, 7) is 3.25. The van der Waals surface area contributed by atoms with Gasteiger partial charge in [-0.15, -0.1) is 0 Å². The SMILES string of the molecule is O=C(CC1(N2CCOCC2)CCCC1)N[C@@H](CO)c1ccccc1. The third-order valence-corrected chi connectivity index (χ3v) is 5.43. The zero-order valence-corrected chi connectivity index (χ0v) is 14.2. The fourth-order valence-corrected chi connectivity index (χ4v) is 4.14. The molecule has 132 valence electrons. The molecule has 1 aliphatic heterocycles. The molecule has 0 bridgehead atoms. The van der Waals surface area contributed by atoms with E-state index >= 15 is 0 Å². The lowest BCUT2D eigenvalue weighted by molar-refractivity contribution is -0.126. The molecule has 1 saturated carbocycles. The Kier molecular flexibility index (Phi) is 5.87. The Morgan fingerprint density at radius 1 is 1.21 bits per heavy atom. The van der Waals surface area contributed by atoms with Crippen LogP contribution < -0.4 is 5.32 Å². The molecule has 3 rings (SSSR count). The van der Waals surface area contributed by atoms with Crippen LogP contribution in [0.2, 0.25) is 0 Å². The zero-order chi connectivity index (χ0) is 16.8. The molecule has 1 aliphatic carbocycles. The van der Waals surface area contributed by atoms with Crippen LogP contribution in [0.15, 0.2) is 30.3 Å². The first-order valence-corrected chi connectivity index (χ1v) is 9.01. The average Bonchev–Trinajstić information content (AvgIpc) is 3.11. The van der Waals surface area contributed by atoms with Gasteiger partial charge in [-0.2, -0.15) is 0 Å². The van der Waals surface area contributed by atoms with Gasteiger partial charge in [0.15, 0.2) is 0 Å². The Morgan fingerprint density at radius 2 is 1.88 bits per heavy atom. The van der Waals surface area contributed by atoms with Gasteiger partial charge >= 0.3 is 0 Å². The second kappa shape index (κ2) is 8.10. The van der Waals surface area contributed by atoms with E-state index in [1.807, 2.05) is 30.3 Å². The number of nitrogens with one attached hydrogen (secondary N) is 1. The third-order valence-electron chi connectivity index (χ3n) is 5.43. The number of aliphatic hydroxyl groups excluding tert-OH is 1. The Labute approximate surface area is 144 Å². The molecule has 0 spiro atoms. The Balaban J connectivity index is 1.65. The first-order valence-electron chi connectivity index (χ1n) is 9.01. The second-order valence-corrected chi connectivity index (χ2v) is 6.92. The highest BCUT2D eigenvalue weighted by Crippen LogP contribution is 2.38. The van der Waals surface area contributed by atoms with Gasteiger partial charge in [0.2, 0.25) is 5.91 Å². The molecule has 24 heavy (non-hydrogen) atoms. The minimum Gasteiger partial charge on any atom is -0.394 e. The summed E-state index contributed by atoms with van der Waals surface area (Å²) in [6.07, 6.45) is 5.04. The molecule has 1 saturated heterocycles. The number of ether oxygens (including phenoxy) is 1. The monoisotopic (exact) mass is 332 g/mol. The van der Waals surface area contributed by atoms with Crippen molar-refractivity contribution in [3.05, 3.63) is 35.9 Å². The molecule has 1 aromatic carbocycles. The van der Waals surface area contributed by atoms with Crippen molar-refractivity contribution in [1.82, 2.24) is 10.2 Å². The number of nitrogens with zero attached hydrogens (tertiary/aromatic N) is 1. The van der Waals surface area contributed by atoms with E-state index in [9.17, 15) is 9.90 Å². The summed E-state index contributed by atoms with van der Waals surface area (Å²) in [7, 11) is 0. The van der Waals surface area contributed by atoms with Crippen molar-refractivity contribution in [2.75, 3.05) is 32.9 Å². The van der Waals surface area contributed by atoms with Crippen LogP contribution in [0.5, 0.6) is 0 Å². The van der Waals surface area contributed by atoms with Crippen molar-refractivity contribution in [3.63, 3.8) is 0 Å². The molecule has 1 heterocycles. The molecule has 1 atom stereocenters. The first-order chi connectivity index (χ1) is 11.7. The number of carbonyl (C=O) groups is 1. The highest BCUT2D eigenvalue weighted by Gasteiger charge is 2.41. The van der Waals surface area contributed by atoms with Gasteiger partial charge in [-0.25, -0.2) is 0 Å². The number of benzene rings is 1. The lowest BCUT2D eigenvalue weighted by Crippen LogP contribution is -2.54. The summed E-state index contributed by atoms with van der Waals surface area (Å²) in [6, 6.07) is 9.34. The minimum atomic E-state index is -0.332. The molecule has 2 N–H and O–H groups in total. The quantitative estimate of drug-likeness (QED) is 0.835. The van der Waals surface area contributed by atoms with E-state index in [1.165, 1.54) is 12.8 Å². The van der Waals surface area contributed by atoms with Gasteiger partial charge in [0.25, 0.3) is 0 Å². The molecule has 0 radical (unpaired) electrons. The maximum Gasteiger partial charge on any atom is 0.222 e. The molecule has 0 aromatic heterocycles. The van der Waals surface area contributed by atoms with Crippen LogP contribution in [0.25, 0.3) is 0 Å². The Bertz CT molecular complexity index is 523. The number of rotatable bonds is 6. The molecular formula is C19H28N2O3. The van der Waals surface area contributed by atoms with E-state index in [2.05, 4.69) is 10.2 Å². The molecule has 5 nitrogen and oxygen atoms in total. The summed E-state index contributed by atoms with van der Waals surface area (Å²) < 4.78 is 5.47. The summed E-state index contributed by atoms with van der Waals surface area (Å²) in [5.41, 5.74) is 0.921. The van der Waals surface area contributed by atoms with Gasteiger partial charge in [-0.1, -0.05) is 43.2 Å². The zero-order valence-electron chi connectivity index (χ0n) is 14.2. The van der Waals surface area contributed by atoms with E-state index < -0.39 is 0 Å². The van der Waals surface area contributed by atoms with Gasteiger partial charge < -0.3 is 15.2 Å². The molecule has 1 aromatic rings. The minimum absolute atomic E-state index is 0.0233. The molecule has 2 aliphatic rings.